The SMILES string of the molecule is Nc1cnc(OCCO)cn1. The molecule has 1 aromatic rings. The van der Waals surface area contributed by atoms with Crippen LogP contribution < -0.4 is 10.5 Å². The number of nitrogens with zero attached hydrogens (tertiary/aromatic N) is 2. The molecule has 1 heterocycles. The van der Waals surface area contributed by atoms with Gasteiger partial charge in [-0.2, -0.15) is 0 Å². The first-order valence-electron chi connectivity index (χ1n) is 3.14. The number of anilines is 1. The van der Waals surface area contributed by atoms with Crippen molar-refractivity contribution in [3.63, 3.8) is 0 Å². The predicted molar refractivity (Wildman–Crippen MR) is 39.0 cm³/mol. The largest absolute Gasteiger partial charge is 0.474 e. The third kappa shape index (κ3) is 2.38. The maximum atomic E-state index is 8.38. The van der Waals surface area contributed by atoms with Gasteiger partial charge in [-0.3, -0.25) is 0 Å². The van der Waals surface area contributed by atoms with E-state index in [4.69, 9.17) is 15.6 Å². The Morgan fingerprint density at radius 1 is 1.45 bits per heavy atom. The zero-order valence-corrected chi connectivity index (χ0v) is 5.90. The molecule has 5 nitrogen and oxygen atoms in total. The highest BCUT2D eigenvalue weighted by atomic mass is 16.5. The monoisotopic (exact) mass is 155 g/mol. The lowest BCUT2D eigenvalue weighted by molar-refractivity contribution is 0.196. The van der Waals surface area contributed by atoms with Crippen molar-refractivity contribution in [2.75, 3.05) is 18.9 Å². The third-order valence-corrected chi connectivity index (χ3v) is 0.989. The second-order valence-corrected chi connectivity index (χ2v) is 1.85. The van der Waals surface area contributed by atoms with Crippen molar-refractivity contribution >= 4 is 5.82 Å². The van der Waals surface area contributed by atoms with Gasteiger partial charge in [0.05, 0.1) is 19.0 Å². The molecule has 0 atom stereocenters. The van der Waals surface area contributed by atoms with Crippen LogP contribution in [-0.4, -0.2) is 28.3 Å². The van der Waals surface area contributed by atoms with Crippen molar-refractivity contribution in [3.8, 4) is 5.88 Å². The minimum Gasteiger partial charge on any atom is -0.474 e. The third-order valence-electron chi connectivity index (χ3n) is 0.989. The number of aliphatic hydroxyl groups is 1. The van der Waals surface area contributed by atoms with Gasteiger partial charge in [-0.15, -0.1) is 0 Å². The van der Waals surface area contributed by atoms with E-state index in [0.29, 0.717) is 11.7 Å². The molecule has 0 bridgehead atoms. The summed E-state index contributed by atoms with van der Waals surface area (Å²) in [6.07, 6.45) is 2.80. The van der Waals surface area contributed by atoms with Crippen molar-refractivity contribution in [2.24, 2.45) is 0 Å². The van der Waals surface area contributed by atoms with Crippen LogP contribution in [0.5, 0.6) is 5.88 Å². The van der Waals surface area contributed by atoms with Gasteiger partial charge in [0.2, 0.25) is 5.88 Å². The van der Waals surface area contributed by atoms with Gasteiger partial charge in [-0.25, -0.2) is 9.97 Å². The van der Waals surface area contributed by atoms with Crippen LogP contribution in [0.1, 0.15) is 0 Å². The Bertz CT molecular complexity index is 212. The summed E-state index contributed by atoms with van der Waals surface area (Å²) >= 11 is 0. The Balaban J connectivity index is 2.52. The fourth-order valence-electron chi connectivity index (χ4n) is 0.551. The van der Waals surface area contributed by atoms with Crippen LogP contribution in [0.25, 0.3) is 0 Å². The topological polar surface area (TPSA) is 81.3 Å². The molecular weight excluding hydrogens is 146 g/mol. The van der Waals surface area contributed by atoms with E-state index in [-0.39, 0.29) is 13.2 Å². The summed E-state index contributed by atoms with van der Waals surface area (Å²) in [5.41, 5.74) is 5.28. The molecule has 0 saturated heterocycles. The maximum absolute atomic E-state index is 8.38. The summed E-state index contributed by atoms with van der Waals surface area (Å²) in [4.78, 5) is 7.54. The Hall–Kier alpha value is -1.36. The lowest BCUT2D eigenvalue weighted by Crippen LogP contribution is -2.03. The molecular formula is C6H9N3O2. The fraction of sp³-hybridized carbons (Fsp3) is 0.333. The number of ether oxygens (including phenoxy) is 1. The molecule has 0 spiro atoms. The van der Waals surface area contributed by atoms with Crippen molar-refractivity contribution in [1.82, 2.24) is 9.97 Å². The molecule has 0 amide bonds. The molecule has 0 fully saturated rings. The first kappa shape index (κ1) is 7.74. The molecule has 60 valence electrons. The zero-order chi connectivity index (χ0) is 8.10. The standard InChI is InChI=1S/C6H9N3O2/c7-5-3-9-6(4-8-5)11-2-1-10/h3-4,10H,1-2H2,(H2,7,8). The molecule has 0 aliphatic carbocycles. The predicted octanol–water partition coefficient (Wildman–Crippen LogP) is -0.570. The molecule has 0 aliphatic rings. The van der Waals surface area contributed by atoms with Gasteiger partial charge >= 0.3 is 0 Å². The molecule has 0 radical (unpaired) electrons. The minimum absolute atomic E-state index is 0.0357. The van der Waals surface area contributed by atoms with Gasteiger partial charge < -0.3 is 15.6 Å². The molecule has 11 heavy (non-hydrogen) atoms. The molecule has 0 aliphatic heterocycles. The number of nitrogen functional groups attached to an aromatic ring is 1. The summed E-state index contributed by atoms with van der Waals surface area (Å²) in [7, 11) is 0. The quantitative estimate of drug-likeness (QED) is 0.610. The minimum atomic E-state index is -0.0357. The van der Waals surface area contributed by atoms with Crippen LogP contribution >= 0.6 is 0 Å². The van der Waals surface area contributed by atoms with E-state index in [2.05, 4.69) is 9.97 Å². The molecule has 0 unspecified atom stereocenters. The van der Waals surface area contributed by atoms with Crippen molar-refractivity contribution in [1.29, 1.82) is 0 Å². The zero-order valence-electron chi connectivity index (χ0n) is 5.90. The van der Waals surface area contributed by atoms with Crippen molar-refractivity contribution in [2.45, 2.75) is 0 Å². The molecule has 0 saturated carbocycles. The normalized spacial score (nSPS) is 9.55. The number of nitrogens with two attached hydrogens (primary N) is 1. The number of aliphatic hydroxyl groups excluding tert-OH is 1. The lowest BCUT2D eigenvalue weighted by atomic mass is 10.6. The van der Waals surface area contributed by atoms with Crippen molar-refractivity contribution in [3.05, 3.63) is 12.4 Å². The molecule has 0 aromatic carbocycles. The Morgan fingerprint density at radius 3 is 2.82 bits per heavy atom. The van der Waals surface area contributed by atoms with Crippen LogP contribution in [0.3, 0.4) is 0 Å². The van der Waals surface area contributed by atoms with Gasteiger partial charge in [-0.05, 0) is 0 Å². The first-order valence-corrected chi connectivity index (χ1v) is 3.14. The summed E-state index contributed by atoms with van der Waals surface area (Å²) in [6.45, 7) is 0.185. The molecule has 1 aromatic heterocycles. The highest BCUT2D eigenvalue weighted by molar-refractivity contribution is 5.24. The smallest absolute Gasteiger partial charge is 0.232 e. The average Bonchev–Trinajstić information content (AvgIpc) is 2.04. The second-order valence-electron chi connectivity index (χ2n) is 1.85. The van der Waals surface area contributed by atoms with E-state index in [1.165, 1.54) is 12.4 Å². The van der Waals surface area contributed by atoms with Crippen LogP contribution in [0, 0.1) is 0 Å². The molecule has 3 N–H and O–H groups in total. The molecule has 5 heteroatoms. The Morgan fingerprint density at radius 2 is 2.27 bits per heavy atom. The lowest BCUT2D eigenvalue weighted by Gasteiger charge is -2.00. The summed E-state index contributed by atoms with van der Waals surface area (Å²) < 4.78 is 4.93. The van der Waals surface area contributed by atoms with Crippen LogP contribution in [0.4, 0.5) is 5.82 Å². The summed E-state index contributed by atoms with van der Waals surface area (Å²) in [6, 6.07) is 0. The second kappa shape index (κ2) is 3.72. The van der Waals surface area contributed by atoms with Crippen molar-refractivity contribution < 1.29 is 9.84 Å². The van der Waals surface area contributed by atoms with E-state index in [1.807, 2.05) is 0 Å². The average molecular weight is 155 g/mol. The van der Waals surface area contributed by atoms with Gasteiger partial charge in [0.1, 0.15) is 12.4 Å². The van der Waals surface area contributed by atoms with Gasteiger partial charge in [0.25, 0.3) is 0 Å². The highest BCUT2D eigenvalue weighted by Gasteiger charge is 1.93. The number of rotatable bonds is 3. The van der Waals surface area contributed by atoms with Gasteiger partial charge in [0, 0.05) is 0 Å². The highest BCUT2D eigenvalue weighted by Crippen LogP contribution is 2.03. The number of hydrogen-bond acceptors (Lipinski definition) is 5. The van der Waals surface area contributed by atoms with E-state index < -0.39 is 0 Å². The van der Waals surface area contributed by atoms with E-state index in [0.717, 1.165) is 0 Å². The van der Waals surface area contributed by atoms with Gasteiger partial charge in [0.15, 0.2) is 0 Å². The van der Waals surface area contributed by atoms with Crippen LogP contribution in [-0.2, 0) is 0 Å². The van der Waals surface area contributed by atoms with Crippen LogP contribution in [0.2, 0.25) is 0 Å². The Kier molecular flexibility index (Phi) is 2.62. The fourth-order valence-corrected chi connectivity index (χ4v) is 0.551. The first-order chi connectivity index (χ1) is 5.33. The van der Waals surface area contributed by atoms with E-state index in [1.54, 1.807) is 0 Å². The van der Waals surface area contributed by atoms with E-state index in [9.17, 15) is 0 Å². The number of aromatic nitrogens is 2. The Labute approximate surface area is 63.8 Å². The number of hydrogen-bond donors (Lipinski definition) is 2. The summed E-state index contributed by atoms with van der Waals surface area (Å²) in [5, 5.41) is 8.38. The van der Waals surface area contributed by atoms with Crippen LogP contribution in [0.15, 0.2) is 12.4 Å². The van der Waals surface area contributed by atoms with Gasteiger partial charge in [-0.1, -0.05) is 0 Å². The molecule has 1 rings (SSSR count). The van der Waals surface area contributed by atoms with E-state index >= 15 is 0 Å². The summed E-state index contributed by atoms with van der Waals surface area (Å²) in [5.74, 6) is 0.717. The maximum Gasteiger partial charge on any atom is 0.232 e.